The van der Waals surface area contributed by atoms with Gasteiger partial charge in [0.2, 0.25) is 0 Å². The van der Waals surface area contributed by atoms with Gasteiger partial charge in [0, 0.05) is 17.4 Å². The third-order valence-corrected chi connectivity index (χ3v) is 4.34. The number of ketones is 1. The summed E-state index contributed by atoms with van der Waals surface area (Å²) in [5.74, 6) is 0.972. The van der Waals surface area contributed by atoms with Gasteiger partial charge in [-0.1, -0.05) is 25.7 Å². The molecule has 3 heteroatoms. The predicted molar refractivity (Wildman–Crippen MR) is 62.9 cm³/mol. The first kappa shape index (κ1) is 10.4. The third-order valence-electron chi connectivity index (χ3n) is 2.84. The number of halogens is 1. The largest absolute Gasteiger partial charge is 0.294 e. The zero-order valence-corrected chi connectivity index (χ0v) is 10.4. The minimum atomic E-state index is 0.318. The van der Waals surface area contributed by atoms with Crippen LogP contribution < -0.4 is 0 Å². The molecule has 1 aromatic rings. The van der Waals surface area contributed by atoms with E-state index in [-0.39, 0.29) is 0 Å². The number of carbonyl (C=O) groups is 1. The molecular weight excluding hydrogens is 260 g/mol. The third kappa shape index (κ3) is 2.45. The summed E-state index contributed by atoms with van der Waals surface area (Å²) in [6, 6.07) is 1.93. The maximum absolute atomic E-state index is 11.8. The van der Waals surface area contributed by atoms with Gasteiger partial charge in [0.05, 0.1) is 3.79 Å². The monoisotopic (exact) mass is 272 g/mol. The maximum atomic E-state index is 11.8. The summed E-state index contributed by atoms with van der Waals surface area (Å²) in [5.41, 5.74) is 0.883. The van der Waals surface area contributed by atoms with Gasteiger partial charge in [0.25, 0.3) is 0 Å². The number of hydrogen-bond acceptors (Lipinski definition) is 2. The Morgan fingerprint density at radius 1 is 1.50 bits per heavy atom. The molecule has 0 N–H and O–H groups in total. The molecule has 0 atom stereocenters. The van der Waals surface area contributed by atoms with Gasteiger partial charge in [-0.05, 0) is 27.9 Å². The van der Waals surface area contributed by atoms with Crippen LogP contribution in [0.1, 0.15) is 42.5 Å². The zero-order valence-electron chi connectivity index (χ0n) is 7.96. The van der Waals surface area contributed by atoms with Crippen LogP contribution in [0.25, 0.3) is 0 Å². The highest BCUT2D eigenvalue weighted by Crippen LogP contribution is 2.30. The molecule has 1 saturated carbocycles. The van der Waals surface area contributed by atoms with Crippen molar-refractivity contribution < 1.29 is 4.79 Å². The quantitative estimate of drug-likeness (QED) is 0.751. The van der Waals surface area contributed by atoms with Crippen LogP contribution in [0.15, 0.2) is 15.2 Å². The SMILES string of the molecule is O=C(CC1CCCC1)c1csc(Br)c1. The fourth-order valence-electron chi connectivity index (χ4n) is 2.05. The highest BCUT2D eigenvalue weighted by atomic mass is 79.9. The van der Waals surface area contributed by atoms with Crippen molar-refractivity contribution in [2.75, 3.05) is 0 Å². The Morgan fingerprint density at radius 2 is 2.21 bits per heavy atom. The van der Waals surface area contributed by atoms with Gasteiger partial charge in [-0.15, -0.1) is 11.3 Å². The van der Waals surface area contributed by atoms with Crippen LogP contribution in [0.3, 0.4) is 0 Å². The molecule has 1 aromatic heterocycles. The molecule has 1 nitrogen and oxygen atoms in total. The van der Waals surface area contributed by atoms with Crippen LogP contribution in [-0.2, 0) is 0 Å². The molecular formula is C11H13BrOS. The van der Waals surface area contributed by atoms with Crippen molar-refractivity contribution in [3.8, 4) is 0 Å². The van der Waals surface area contributed by atoms with E-state index in [4.69, 9.17) is 0 Å². The molecule has 1 fully saturated rings. The van der Waals surface area contributed by atoms with Crippen LogP contribution in [0.4, 0.5) is 0 Å². The van der Waals surface area contributed by atoms with Gasteiger partial charge in [-0.25, -0.2) is 0 Å². The molecule has 14 heavy (non-hydrogen) atoms. The summed E-state index contributed by atoms with van der Waals surface area (Å²) in [6.45, 7) is 0. The summed E-state index contributed by atoms with van der Waals surface area (Å²) >= 11 is 4.97. The number of rotatable bonds is 3. The molecule has 76 valence electrons. The van der Waals surface area contributed by atoms with E-state index in [1.165, 1.54) is 25.7 Å². The van der Waals surface area contributed by atoms with E-state index in [9.17, 15) is 4.79 Å². The Hall–Kier alpha value is -0.150. The summed E-state index contributed by atoms with van der Waals surface area (Å²) in [5, 5.41) is 1.95. The smallest absolute Gasteiger partial charge is 0.164 e. The predicted octanol–water partition coefficient (Wildman–Crippen LogP) is 4.27. The van der Waals surface area contributed by atoms with E-state index in [0.717, 1.165) is 15.8 Å². The molecule has 2 rings (SSSR count). The van der Waals surface area contributed by atoms with E-state index in [0.29, 0.717) is 11.7 Å². The fourth-order valence-corrected chi connectivity index (χ4v) is 3.21. The van der Waals surface area contributed by atoms with Gasteiger partial charge in [-0.3, -0.25) is 4.79 Å². The lowest BCUT2D eigenvalue weighted by atomic mass is 9.98. The van der Waals surface area contributed by atoms with Crippen molar-refractivity contribution in [3.63, 3.8) is 0 Å². The van der Waals surface area contributed by atoms with Crippen molar-refractivity contribution >= 4 is 33.0 Å². The maximum Gasteiger partial charge on any atom is 0.164 e. The van der Waals surface area contributed by atoms with Gasteiger partial charge < -0.3 is 0 Å². The van der Waals surface area contributed by atoms with Crippen LogP contribution in [0.5, 0.6) is 0 Å². The molecule has 0 radical (unpaired) electrons. The van der Waals surface area contributed by atoms with E-state index in [1.54, 1.807) is 11.3 Å². The lowest BCUT2D eigenvalue weighted by molar-refractivity contribution is 0.0962. The first-order valence-electron chi connectivity index (χ1n) is 5.03. The molecule has 1 heterocycles. The average Bonchev–Trinajstić information content (AvgIpc) is 2.75. The first-order chi connectivity index (χ1) is 6.75. The summed E-state index contributed by atoms with van der Waals surface area (Å²) < 4.78 is 1.05. The topological polar surface area (TPSA) is 17.1 Å². The van der Waals surface area contributed by atoms with Crippen LogP contribution in [0.2, 0.25) is 0 Å². The Bertz CT molecular complexity index is 326. The summed E-state index contributed by atoms with van der Waals surface area (Å²) in [7, 11) is 0. The first-order valence-corrected chi connectivity index (χ1v) is 6.70. The molecule has 0 unspecified atom stereocenters. The van der Waals surface area contributed by atoms with Crippen LogP contribution in [-0.4, -0.2) is 5.78 Å². The number of hydrogen-bond donors (Lipinski definition) is 0. The normalized spacial score (nSPS) is 17.5. The van der Waals surface area contributed by atoms with Gasteiger partial charge in [0.15, 0.2) is 5.78 Å². The second-order valence-corrected chi connectivity index (χ2v) is 6.21. The Balaban J connectivity index is 1.95. The van der Waals surface area contributed by atoms with Crippen LogP contribution >= 0.6 is 27.3 Å². The van der Waals surface area contributed by atoms with Crippen LogP contribution in [0, 0.1) is 5.92 Å². The van der Waals surface area contributed by atoms with Gasteiger partial charge in [0.1, 0.15) is 0 Å². The standard InChI is InChI=1S/C11H13BrOS/c12-11-6-9(7-14-11)10(13)5-8-3-1-2-4-8/h6-8H,1-5H2. The minimum absolute atomic E-state index is 0.318. The molecule has 0 bridgehead atoms. The molecule has 0 saturated heterocycles. The molecule has 1 aliphatic rings. The van der Waals surface area contributed by atoms with Gasteiger partial charge in [-0.2, -0.15) is 0 Å². The second-order valence-electron chi connectivity index (χ2n) is 3.92. The zero-order chi connectivity index (χ0) is 9.97. The lowest BCUT2D eigenvalue weighted by Gasteiger charge is -2.05. The van der Waals surface area contributed by atoms with Crippen molar-refractivity contribution in [2.45, 2.75) is 32.1 Å². The fraction of sp³-hybridized carbons (Fsp3) is 0.545. The number of carbonyl (C=O) groups excluding carboxylic acids is 1. The molecule has 0 aromatic carbocycles. The Kier molecular flexibility index (Phi) is 3.39. The average molecular weight is 273 g/mol. The van der Waals surface area contributed by atoms with Crippen molar-refractivity contribution in [1.29, 1.82) is 0 Å². The molecule has 0 amide bonds. The van der Waals surface area contributed by atoms with Gasteiger partial charge >= 0.3 is 0 Å². The second kappa shape index (κ2) is 4.58. The lowest BCUT2D eigenvalue weighted by Crippen LogP contribution is -2.04. The minimum Gasteiger partial charge on any atom is -0.294 e. The van der Waals surface area contributed by atoms with Crippen molar-refractivity contribution in [3.05, 3.63) is 20.8 Å². The summed E-state index contributed by atoms with van der Waals surface area (Å²) in [4.78, 5) is 11.8. The number of Topliss-reactive ketones (excluding diaryl/α,β-unsaturated/α-hetero) is 1. The highest BCUT2D eigenvalue weighted by Gasteiger charge is 2.19. The highest BCUT2D eigenvalue weighted by molar-refractivity contribution is 9.11. The molecule has 0 aliphatic heterocycles. The number of thiophene rings is 1. The Labute approximate surface area is 96.6 Å². The van der Waals surface area contributed by atoms with E-state index in [2.05, 4.69) is 15.9 Å². The van der Waals surface area contributed by atoms with Crippen molar-refractivity contribution in [1.82, 2.24) is 0 Å². The summed E-state index contributed by atoms with van der Waals surface area (Å²) in [6.07, 6.45) is 5.87. The van der Waals surface area contributed by atoms with E-state index in [1.807, 2.05) is 11.4 Å². The van der Waals surface area contributed by atoms with E-state index < -0.39 is 0 Å². The molecule has 1 aliphatic carbocycles. The Morgan fingerprint density at radius 3 is 2.79 bits per heavy atom. The molecule has 0 spiro atoms. The van der Waals surface area contributed by atoms with E-state index >= 15 is 0 Å². The van der Waals surface area contributed by atoms with Crippen molar-refractivity contribution in [2.24, 2.45) is 5.92 Å².